The molecule has 1 aliphatic heterocycles. The molecule has 1 saturated heterocycles. The number of anilines is 2. The number of nitrogens with one attached hydrogen (secondary N) is 1. The number of amides is 2. The summed E-state index contributed by atoms with van der Waals surface area (Å²) in [6.45, 7) is 0.252. The Bertz CT molecular complexity index is 906. The van der Waals surface area contributed by atoms with E-state index in [0.717, 1.165) is 11.3 Å². The second-order valence-electron chi connectivity index (χ2n) is 6.40. The van der Waals surface area contributed by atoms with E-state index in [-0.39, 0.29) is 18.9 Å². The minimum atomic E-state index is -0.456. The van der Waals surface area contributed by atoms with Crippen molar-refractivity contribution in [1.29, 1.82) is 0 Å². The molecule has 1 N–H and O–H groups in total. The Labute approximate surface area is 178 Å². The van der Waals surface area contributed by atoms with Gasteiger partial charge in [0.2, 0.25) is 5.91 Å². The molecule has 1 heterocycles. The Balaban J connectivity index is 1.45. The number of benzene rings is 2. The number of hydrogen-bond donors (Lipinski definition) is 1. The number of halogens is 1. The van der Waals surface area contributed by atoms with Crippen LogP contribution < -0.4 is 10.2 Å². The lowest BCUT2D eigenvalue weighted by atomic mass is 10.2. The Morgan fingerprint density at radius 1 is 1.14 bits per heavy atom. The summed E-state index contributed by atoms with van der Waals surface area (Å²) in [5, 5.41) is 3.36. The average molecular weight is 433 g/mol. The molecule has 0 bridgehead atoms. The molecule has 6 nitrogen and oxygen atoms in total. The number of esters is 1. The number of carbonyl (C=O) groups is 3. The molecular formula is C21H21ClN2O4S. The SMILES string of the molecule is O=C(COC(=O)CCSc1ccccc1Cl)Nc1ccccc1N1CCCC1=O. The van der Waals surface area contributed by atoms with Crippen LogP contribution in [0.2, 0.25) is 5.02 Å². The maximum atomic E-state index is 12.2. The maximum Gasteiger partial charge on any atom is 0.307 e. The Kier molecular flexibility index (Phi) is 7.55. The lowest BCUT2D eigenvalue weighted by Crippen LogP contribution is -2.27. The lowest BCUT2D eigenvalue weighted by Gasteiger charge is -2.19. The van der Waals surface area contributed by atoms with Crippen LogP contribution in [-0.2, 0) is 19.1 Å². The van der Waals surface area contributed by atoms with Gasteiger partial charge in [0, 0.05) is 23.6 Å². The van der Waals surface area contributed by atoms with E-state index >= 15 is 0 Å². The van der Waals surface area contributed by atoms with E-state index in [1.165, 1.54) is 11.8 Å². The molecule has 0 atom stereocenters. The zero-order chi connectivity index (χ0) is 20.6. The van der Waals surface area contributed by atoms with Crippen LogP contribution in [0.3, 0.4) is 0 Å². The second-order valence-corrected chi connectivity index (χ2v) is 7.95. The first kappa shape index (κ1) is 21.2. The van der Waals surface area contributed by atoms with Crippen molar-refractivity contribution >= 4 is 52.5 Å². The number of ether oxygens (including phenoxy) is 1. The van der Waals surface area contributed by atoms with Gasteiger partial charge in [0.15, 0.2) is 6.61 Å². The Morgan fingerprint density at radius 2 is 1.90 bits per heavy atom. The van der Waals surface area contributed by atoms with E-state index in [2.05, 4.69) is 5.32 Å². The molecule has 2 aromatic rings. The van der Waals surface area contributed by atoms with Gasteiger partial charge in [0.05, 0.1) is 22.8 Å². The lowest BCUT2D eigenvalue weighted by molar-refractivity contribution is -0.146. The second kappa shape index (κ2) is 10.3. The third kappa shape index (κ3) is 5.98. The molecule has 29 heavy (non-hydrogen) atoms. The van der Waals surface area contributed by atoms with Gasteiger partial charge < -0.3 is 15.0 Å². The minimum Gasteiger partial charge on any atom is -0.456 e. The Morgan fingerprint density at radius 3 is 2.66 bits per heavy atom. The smallest absolute Gasteiger partial charge is 0.307 e. The molecule has 0 spiro atoms. The van der Waals surface area contributed by atoms with Gasteiger partial charge in [0.1, 0.15) is 0 Å². The molecule has 152 valence electrons. The van der Waals surface area contributed by atoms with Crippen molar-refractivity contribution in [2.45, 2.75) is 24.2 Å². The summed E-state index contributed by atoms with van der Waals surface area (Å²) in [5.41, 5.74) is 1.18. The fourth-order valence-electron chi connectivity index (χ4n) is 2.93. The molecule has 0 saturated carbocycles. The molecule has 0 aliphatic carbocycles. The standard InChI is InChI=1S/C21H21ClN2O4S/c22-15-6-1-4-9-18(15)29-13-11-21(27)28-14-19(25)23-16-7-2-3-8-17(16)24-12-5-10-20(24)26/h1-4,6-9H,5,10-14H2,(H,23,25). The maximum absolute atomic E-state index is 12.2. The average Bonchev–Trinajstić information content (AvgIpc) is 3.14. The molecule has 8 heteroatoms. The zero-order valence-corrected chi connectivity index (χ0v) is 17.3. The van der Waals surface area contributed by atoms with Gasteiger partial charge in [0.25, 0.3) is 5.91 Å². The van der Waals surface area contributed by atoms with Gasteiger partial charge in [-0.05, 0) is 30.7 Å². The minimum absolute atomic E-state index is 0.0362. The van der Waals surface area contributed by atoms with Crippen molar-refractivity contribution in [3.63, 3.8) is 0 Å². The molecule has 0 unspecified atom stereocenters. The molecular weight excluding hydrogens is 412 g/mol. The first-order chi connectivity index (χ1) is 14.0. The van der Waals surface area contributed by atoms with Crippen LogP contribution in [-0.4, -0.2) is 36.7 Å². The highest BCUT2D eigenvalue weighted by atomic mass is 35.5. The van der Waals surface area contributed by atoms with Crippen LogP contribution in [0.25, 0.3) is 0 Å². The van der Waals surface area contributed by atoms with Gasteiger partial charge in [-0.25, -0.2) is 0 Å². The van der Waals surface area contributed by atoms with Crippen molar-refractivity contribution in [2.75, 3.05) is 29.1 Å². The summed E-state index contributed by atoms with van der Waals surface area (Å²) in [7, 11) is 0. The predicted molar refractivity (Wildman–Crippen MR) is 114 cm³/mol. The summed E-state index contributed by atoms with van der Waals surface area (Å²) < 4.78 is 5.05. The van der Waals surface area contributed by atoms with E-state index in [1.54, 1.807) is 29.2 Å². The van der Waals surface area contributed by atoms with Gasteiger partial charge in [-0.2, -0.15) is 0 Å². The highest BCUT2D eigenvalue weighted by Gasteiger charge is 2.24. The molecule has 0 aromatic heterocycles. The van der Waals surface area contributed by atoms with Crippen LogP contribution in [0, 0.1) is 0 Å². The molecule has 3 rings (SSSR count). The largest absolute Gasteiger partial charge is 0.456 e. The monoisotopic (exact) mass is 432 g/mol. The predicted octanol–water partition coefficient (Wildman–Crippen LogP) is 4.13. The summed E-state index contributed by atoms with van der Waals surface area (Å²) >= 11 is 7.53. The van der Waals surface area contributed by atoms with E-state index in [4.69, 9.17) is 16.3 Å². The normalized spacial score (nSPS) is 13.4. The number of nitrogens with zero attached hydrogens (tertiary/aromatic N) is 1. The van der Waals surface area contributed by atoms with E-state index < -0.39 is 11.9 Å². The highest BCUT2D eigenvalue weighted by Crippen LogP contribution is 2.29. The van der Waals surface area contributed by atoms with E-state index in [9.17, 15) is 14.4 Å². The summed E-state index contributed by atoms with van der Waals surface area (Å²) in [6.07, 6.45) is 1.47. The number of thioether (sulfide) groups is 1. The van der Waals surface area contributed by atoms with Crippen molar-refractivity contribution in [3.05, 3.63) is 53.6 Å². The van der Waals surface area contributed by atoms with E-state index in [0.29, 0.717) is 35.1 Å². The fourth-order valence-corrected chi connectivity index (χ4v) is 4.10. The molecule has 1 aliphatic rings. The first-order valence-corrected chi connectivity index (χ1v) is 10.6. The van der Waals surface area contributed by atoms with E-state index in [1.807, 2.05) is 24.3 Å². The topological polar surface area (TPSA) is 75.7 Å². The van der Waals surface area contributed by atoms with Gasteiger partial charge >= 0.3 is 5.97 Å². The number of rotatable bonds is 8. The third-order valence-electron chi connectivity index (χ3n) is 4.31. The van der Waals surface area contributed by atoms with Crippen molar-refractivity contribution in [2.24, 2.45) is 0 Å². The summed E-state index contributed by atoms with van der Waals surface area (Å²) in [6, 6.07) is 14.5. The highest BCUT2D eigenvalue weighted by molar-refractivity contribution is 7.99. The zero-order valence-electron chi connectivity index (χ0n) is 15.7. The molecule has 2 aromatic carbocycles. The number of para-hydroxylation sites is 2. The van der Waals surface area contributed by atoms with Gasteiger partial charge in [-0.15, -0.1) is 11.8 Å². The fraction of sp³-hybridized carbons (Fsp3) is 0.286. The first-order valence-electron chi connectivity index (χ1n) is 9.27. The quantitative estimate of drug-likeness (QED) is 0.501. The van der Waals surface area contributed by atoms with Crippen molar-refractivity contribution < 1.29 is 19.1 Å². The Hall–Kier alpha value is -2.51. The molecule has 0 radical (unpaired) electrons. The third-order valence-corrected chi connectivity index (χ3v) is 5.82. The van der Waals surface area contributed by atoms with Gasteiger partial charge in [-0.1, -0.05) is 35.9 Å². The summed E-state index contributed by atoms with van der Waals surface area (Å²) in [5.74, 6) is -0.363. The van der Waals surface area contributed by atoms with Crippen LogP contribution in [0.5, 0.6) is 0 Å². The van der Waals surface area contributed by atoms with Crippen LogP contribution in [0.15, 0.2) is 53.4 Å². The van der Waals surface area contributed by atoms with Crippen LogP contribution in [0.1, 0.15) is 19.3 Å². The van der Waals surface area contributed by atoms with Crippen molar-refractivity contribution in [3.8, 4) is 0 Å². The molecule has 1 fully saturated rings. The summed E-state index contributed by atoms with van der Waals surface area (Å²) in [4.78, 5) is 38.6. The molecule has 2 amide bonds. The van der Waals surface area contributed by atoms with Crippen LogP contribution >= 0.6 is 23.4 Å². The van der Waals surface area contributed by atoms with Gasteiger partial charge in [-0.3, -0.25) is 14.4 Å². The van der Waals surface area contributed by atoms with Crippen molar-refractivity contribution in [1.82, 2.24) is 0 Å². The number of hydrogen-bond acceptors (Lipinski definition) is 5. The van der Waals surface area contributed by atoms with Crippen LogP contribution in [0.4, 0.5) is 11.4 Å². The number of carbonyl (C=O) groups excluding carboxylic acids is 3.